The molecule has 0 saturated heterocycles. The fraction of sp³-hybridized carbons (Fsp3) is 0.267. The Morgan fingerprint density at radius 3 is 2.46 bits per heavy atom. The van der Waals surface area contributed by atoms with Crippen molar-refractivity contribution in [3.05, 3.63) is 59.7 Å². The second kappa shape index (κ2) is 6.86. The standard InChI is InChI=1S/C15H14F4N2O2S/c1-21(9-7-12-4-2-3-8-20-12)24(22,23)14-10-11(15(17,18)19)5-6-13(14)16/h2-6,8,10H,7,9H2,1H3. The molecular weight excluding hydrogens is 348 g/mol. The summed E-state index contributed by atoms with van der Waals surface area (Å²) in [6.45, 7) is -0.0466. The maximum atomic E-state index is 13.8. The van der Waals surface area contributed by atoms with Crippen molar-refractivity contribution in [1.29, 1.82) is 0 Å². The summed E-state index contributed by atoms with van der Waals surface area (Å²) in [5.74, 6) is -1.23. The first-order chi connectivity index (χ1) is 11.1. The van der Waals surface area contributed by atoms with Crippen LogP contribution >= 0.6 is 0 Å². The topological polar surface area (TPSA) is 50.3 Å². The summed E-state index contributed by atoms with van der Waals surface area (Å²) >= 11 is 0. The van der Waals surface area contributed by atoms with E-state index in [1.54, 1.807) is 18.2 Å². The van der Waals surface area contributed by atoms with Crippen molar-refractivity contribution in [3.8, 4) is 0 Å². The Hall–Kier alpha value is -2.00. The average Bonchev–Trinajstić information content (AvgIpc) is 2.52. The fourth-order valence-corrected chi connectivity index (χ4v) is 3.24. The minimum absolute atomic E-state index is 0.0466. The largest absolute Gasteiger partial charge is 0.416 e. The van der Waals surface area contributed by atoms with E-state index in [9.17, 15) is 26.0 Å². The van der Waals surface area contributed by atoms with Gasteiger partial charge in [0.05, 0.1) is 5.56 Å². The molecule has 0 spiro atoms. The molecule has 1 heterocycles. The van der Waals surface area contributed by atoms with E-state index in [0.29, 0.717) is 23.9 Å². The van der Waals surface area contributed by atoms with Crippen molar-refractivity contribution in [2.75, 3.05) is 13.6 Å². The van der Waals surface area contributed by atoms with Crippen molar-refractivity contribution >= 4 is 10.0 Å². The summed E-state index contributed by atoms with van der Waals surface area (Å²) in [7, 11) is -3.21. The number of nitrogens with zero attached hydrogens (tertiary/aromatic N) is 2. The van der Waals surface area contributed by atoms with Crippen molar-refractivity contribution < 1.29 is 26.0 Å². The van der Waals surface area contributed by atoms with Gasteiger partial charge in [0.2, 0.25) is 10.0 Å². The Labute approximate surface area is 136 Å². The normalized spacial score (nSPS) is 12.6. The Morgan fingerprint density at radius 2 is 1.88 bits per heavy atom. The molecule has 0 aliphatic heterocycles. The Morgan fingerprint density at radius 1 is 1.17 bits per heavy atom. The smallest absolute Gasteiger partial charge is 0.261 e. The highest BCUT2D eigenvalue weighted by Gasteiger charge is 2.34. The van der Waals surface area contributed by atoms with Crippen LogP contribution in [0, 0.1) is 5.82 Å². The van der Waals surface area contributed by atoms with Gasteiger partial charge in [-0.2, -0.15) is 13.2 Å². The van der Waals surface area contributed by atoms with Gasteiger partial charge in [-0.1, -0.05) is 6.07 Å². The number of hydrogen-bond donors (Lipinski definition) is 0. The Balaban J connectivity index is 2.26. The molecule has 2 rings (SSSR count). The molecule has 0 aliphatic carbocycles. The second-order valence-corrected chi connectivity index (χ2v) is 7.05. The quantitative estimate of drug-likeness (QED) is 0.768. The molecular formula is C15H14F4N2O2S. The van der Waals surface area contributed by atoms with Crippen LogP contribution in [-0.2, 0) is 22.6 Å². The predicted octanol–water partition coefficient (Wildman–Crippen LogP) is 3.10. The SMILES string of the molecule is CN(CCc1ccccn1)S(=O)(=O)c1cc(C(F)(F)F)ccc1F. The van der Waals surface area contributed by atoms with Crippen LogP contribution in [0.1, 0.15) is 11.3 Å². The number of hydrogen-bond acceptors (Lipinski definition) is 3. The van der Waals surface area contributed by atoms with Gasteiger partial charge in [0, 0.05) is 31.9 Å². The summed E-state index contributed by atoms with van der Waals surface area (Å²) < 4.78 is 77.5. The monoisotopic (exact) mass is 362 g/mol. The highest BCUT2D eigenvalue weighted by molar-refractivity contribution is 7.89. The Bertz CT molecular complexity index is 808. The molecule has 0 bridgehead atoms. The zero-order chi connectivity index (χ0) is 18.0. The van der Waals surface area contributed by atoms with Crippen molar-refractivity contribution in [2.24, 2.45) is 0 Å². The molecule has 4 nitrogen and oxygen atoms in total. The van der Waals surface area contributed by atoms with Gasteiger partial charge in [-0.3, -0.25) is 4.98 Å². The summed E-state index contributed by atoms with van der Waals surface area (Å²) in [5, 5.41) is 0. The minimum atomic E-state index is -4.76. The molecule has 0 radical (unpaired) electrons. The Kier molecular flexibility index (Phi) is 5.24. The number of benzene rings is 1. The molecule has 24 heavy (non-hydrogen) atoms. The van der Waals surface area contributed by atoms with E-state index in [1.807, 2.05) is 0 Å². The van der Waals surface area contributed by atoms with Crippen molar-refractivity contribution in [3.63, 3.8) is 0 Å². The molecule has 9 heteroatoms. The van der Waals surface area contributed by atoms with E-state index >= 15 is 0 Å². The molecule has 0 amide bonds. The van der Waals surface area contributed by atoms with E-state index < -0.39 is 32.5 Å². The zero-order valence-corrected chi connectivity index (χ0v) is 13.4. The van der Waals surface area contributed by atoms with Gasteiger partial charge in [-0.15, -0.1) is 0 Å². The molecule has 0 atom stereocenters. The molecule has 2 aromatic rings. The van der Waals surface area contributed by atoms with Crippen LogP contribution in [0.3, 0.4) is 0 Å². The van der Waals surface area contributed by atoms with Crippen LogP contribution in [0.5, 0.6) is 0 Å². The van der Waals surface area contributed by atoms with Gasteiger partial charge in [0.1, 0.15) is 10.7 Å². The molecule has 1 aromatic carbocycles. The van der Waals surface area contributed by atoms with Gasteiger partial charge in [-0.05, 0) is 30.3 Å². The van der Waals surface area contributed by atoms with Crippen molar-refractivity contribution in [1.82, 2.24) is 9.29 Å². The highest BCUT2D eigenvalue weighted by Crippen LogP contribution is 2.32. The molecule has 0 N–H and O–H groups in total. The van der Waals surface area contributed by atoms with E-state index in [4.69, 9.17) is 0 Å². The van der Waals surface area contributed by atoms with Gasteiger partial charge < -0.3 is 0 Å². The number of pyridine rings is 1. The van der Waals surface area contributed by atoms with Gasteiger partial charge >= 0.3 is 6.18 Å². The lowest BCUT2D eigenvalue weighted by atomic mass is 10.2. The predicted molar refractivity (Wildman–Crippen MR) is 79.2 cm³/mol. The maximum Gasteiger partial charge on any atom is 0.416 e. The second-order valence-electron chi connectivity index (χ2n) is 5.04. The number of rotatable bonds is 5. The van der Waals surface area contributed by atoms with Crippen LogP contribution < -0.4 is 0 Å². The summed E-state index contributed by atoms with van der Waals surface area (Å²) in [5.41, 5.74) is -0.607. The van der Waals surface area contributed by atoms with Gasteiger partial charge in [0.25, 0.3) is 0 Å². The lowest BCUT2D eigenvalue weighted by molar-refractivity contribution is -0.137. The first kappa shape index (κ1) is 18.3. The van der Waals surface area contributed by atoms with Crippen LogP contribution in [0.25, 0.3) is 0 Å². The van der Waals surface area contributed by atoms with Crippen LogP contribution in [0.2, 0.25) is 0 Å². The maximum absolute atomic E-state index is 13.8. The summed E-state index contributed by atoms with van der Waals surface area (Å²) in [6, 6.07) is 6.42. The van der Waals surface area contributed by atoms with E-state index in [1.165, 1.54) is 13.2 Å². The number of halogens is 4. The molecule has 0 fully saturated rings. The lowest BCUT2D eigenvalue weighted by Gasteiger charge is -2.18. The van der Waals surface area contributed by atoms with E-state index in [0.717, 1.165) is 4.31 Å². The summed E-state index contributed by atoms with van der Waals surface area (Å²) in [4.78, 5) is 3.03. The number of aromatic nitrogens is 1. The van der Waals surface area contributed by atoms with Crippen LogP contribution in [0.15, 0.2) is 47.5 Å². The third-order valence-corrected chi connectivity index (χ3v) is 5.23. The third-order valence-electron chi connectivity index (χ3n) is 3.36. The van der Waals surface area contributed by atoms with E-state index in [2.05, 4.69) is 4.98 Å². The van der Waals surface area contributed by atoms with Gasteiger partial charge in [-0.25, -0.2) is 17.1 Å². The lowest BCUT2D eigenvalue weighted by Crippen LogP contribution is -2.30. The molecule has 1 aromatic heterocycles. The first-order valence-corrected chi connectivity index (χ1v) is 8.29. The molecule has 0 unspecified atom stereocenters. The highest BCUT2D eigenvalue weighted by atomic mass is 32.2. The number of alkyl halides is 3. The van der Waals surface area contributed by atoms with Crippen molar-refractivity contribution in [2.45, 2.75) is 17.5 Å². The van der Waals surface area contributed by atoms with Gasteiger partial charge in [0.15, 0.2) is 0 Å². The molecule has 130 valence electrons. The van der Waals surface area contributed by atoms with E-state index in [-0.39, 0.29) is 13.0 Å². The number of likely N-dealkylation sites (N-methyl/N-ethyl adjacent to an activating group) is 1. The summed E-state index contributed by atoms with van der Waals surface area (Å²) in [6.07, 6.45) is -2.97. The third kappa shape index (κ3) is 4.09. The zero-order valence-electron chi connectivity index (χ0n) is 12.6. The van der Waals surface area contributed by atoms with Crippen LogP contribution in [0.4, 0.5) is 17.6 Å². The average molecular weight is 362 g/mol. The molecule has 0 aliphatic rings. The fourth-order valence-electron chi connectivity index (χ4n) is 1.98. The number of sulfonamides is 1. The first-order valence-electron chi connectivity index (χ1n) is 6.85. The molecule has 0 saturated carbocycles. The minimum Gasteiger partial charge on any atom is -0.261 e. The van der Waals surface area contributed by atoms with Crippen LogP contribution in [-0.4, -0.2) is 31.3 Å².